The third kappa shape index (κ3) is 5.54. The van der Waals surface area contributed by atoms with E-state index in [2.05, 4.69) is 30.6 Å². The van der Waals surface area contributed by atoms with Gasteiger partial charge in [0.15, 0.2) is 0 Å². The van der Waals surface area contributed by atoms with Crippen LogP contribution in [0.5, 0.6) is 5.75 Å². The molecule has 0 atom stereocenters. The number of thiazole rings is 1. The van der Waals surface area contributed by atoms with Crippen molar-refractivity contribution in [3.05, 3.63) is 66.2 Å². The maximum absolute atomic E-state index is 13.0. The molecule has 36 heavy (non-hydrogen) atoms. The van der Waals surface area contributed by atoms with Crippen LogP contribution in [0.1, 0.15) is 10.5 Å². The van der Waals surface area contributed by atoms with Crippen molar-refractivity contribution in [1.29, 1.82) is 0 Å². The minimum atomic E-state index is -0.279. The number of piperazine rings is 1. The van der Waals surface area contributed by atoms with E-state index in [4.69, 9.17) is 9.47 Å². The van der Waals surface area contributed by atoms with Gasteiger partial charge in [-0.3, -0.25) is 9.78 Å². The van der Waals surface area contributed by atoms with E-state index in [1.807, 2.05) is 36.5 Å². The first-order chi connectivity index (χ1) is 17.7. The molecule has 10 nitrogen and oxygen atoms in total. The van der Waals surface area contributed by atoms with Gasteiger partial charge in [0.2, 0.25) is 5.13 Å². The Bertz CT molecular complexity index is 1300. The number of carbonyl (C=O) groups excluding carboxylic acids is 1. The molecule has 1 aromatic carbocycles. The number of methoxy groups -OCH3 is 1. The molecule has 11 heteroatoms. The van der Waals surface area contributed by atoms with Gasteiger partial charge in [0.05, 0.1) is 30.4 Å². The van der Waals surface area contributed by atoms with E-state index in [9.17, 15) is 4.79 Å². The number of rotatable bonds is 9. The molecule has 1 amide bonds. The number of benzene rings is 1. The number of ether oxygens (including phenoxy) is 2. The number of hydrogen-bond donors (Lipinski definition) is 2. The van der Waals surface area contributed by atoms with Gasteiger partial charge in [-0.15, -0.1) is 11.3 Å². The van der Waals surface area contributed by atoms with Gasteiger partial charge in [0.1, 0.15) is 18.1 Å². The second kappa shape index (κ2) is 11.3. The van der Waals surface area contributed by atoms with Crippen LogP contribution in [0.25, 0.3) is 16.3 Å². The van der Waals surface area contributed by atoms with Crippen LogP contribution in [0, 0.1) is 0 Å². The van der Waals surface area contributed by atoms with Gasteiger partial charge in [-0.05, 0) is 23.8 Å². The summed E-state index contributed by atoms with van der Waals surface area (Å²) in [5.74, 6) is 0.505. The van der Waals surface area contributed by atoms with Crippen molar-refractivity contribution >= 4 is 28.6 Å². The second-order valence-corrected chi connectivity index (χ2v) is 8.98. The summed E-state index contributed by atoms with van der Waals surface area (Å²) in [6.45, 7) is 4.61. The van der Waals surface area contributed by atoms with E-state index in [-0.39, 0.29) is 5.91 Å². The van der Waals surface area contributed by atoms with Crippen LogP contribution in [0.4, 0.5) is 11.4 Å². The molecule has 4 aromatic rings. The number of hydrogen-bond acceptors (Lipinski definition) is 9. The maximum atomic E-state index is 13.0. The third-order valence-corrected chi connectivity index (χ3v) is 6.58. The summed E-state index contributed by atoms with van der Waals surface area (Å²) in [5.41, 5.74) is 3.92. The largest absolute Gasteiger partial charge is 0.491 e. The highest BCUT2D eigenvalue weighted by Gasteiger charge is 2.18. The summed E-state index contributed by atoms with van der Waals surface area (Å²) in [7, 11) is 1.65. The fourth-order valence-electron chi connectivity index (χ4n) is 3.89. The van der Waals surface area contributed by atoms with Crippen molar-refractivity contribution in [2.24, 2.45) is 0 Å². The number of nitrogens with one attached hydrogen (secondary N) is 2. The molecule has 0 bridgehead atoms. The zero-order valence-corrected chi connectivity index (χ0v) is 20.7. The lowest BCUT2D eigenvalue weighted by molar-refractivity contribution is 0.102. The molecule has 0 radical (unpaired) electrons. The predicted octanol–water partition coefficient (Wildman–Crippen LogP) is 3.08. The Labute approximate surface area is 212 Å². The van der Waals surface area contributed by atoms with Gasteiger partial charge in [-0.2, -0.15) is 5.10 Å². The summed E-state index contributed by atoms with van der Waals surface area (Å²) in [6, 6.07) is 9.72. The molecule has 1 aliphatic rings. The third-order valence-electron chi connectivity index (χ3n) is 5.75. The lowest BCUT2D eigenvalue weighted by Gasteiger charge is -2.30. The summed E-state index contributed by atoms with van der Waals surface area (Å²) < 4.78 is 12.3. The average Bonchev–Trinajstić information content (AvgIpc) is 3.61. The number of carbonyl (C=O) groups is 1. The first kappa shape index (κ1) is 23.9. The van der Waals surface area contributed by atoms with Crippen LogP contribution in [-0.4, -0.2) is 72.2 Å². The first-order valence-electron chi connectivity index (χ1n) is 11.6. The van der Waals surface area contributed by atoms with Gasteiger partial charge in [-0.25, -0.2) is 9.67 Å². The Morgan fingerprint density at radius 3 is 2.75 bits per heavy atom. The van der Waals surface area contributed by atoms with Crippen molar-refractivity contribution in [3.8, 4) is 22.0 Å². The normalized spacial score (nSPS) is 13.5. The molecule has 0 aliphatic carbocycles. The van der Waals surface area contributed by atoms with E-state index in [0.29, 0.717) is 29.7 Å². The molecule has 1 saturated heterocycles. The Kier molecular flexibility index (Phi) is 7.50. The van der Waals surface area contributed by atoms with E-state index in [0.717, 1.165) is 48.7 Å². The SMILES string of the molecule is COCCOc1ccc(-c2cnn(-c3nc(C(=O)Nc4cnccc4N4CCNCC4)cs3)c2)cc1. The van der Waals surface area contributed by atoms with Crippen LogP contribution in [0.3, 0.4) is 0 Å². The van der Waals surface area contributed by atoms with Crippen molar-refractivity contribution in [3.63, 3.8) is 0 Å². The number of pyridine rings is 1. The molecule has 0 spiro atoms. The van der Waals surface area contributed by atoms with Crippen LogP contribution in [0.2, 0.25) is 0 Å². The second-order valence-electron chi connectivity index (χ2n) is 8.14. The van der Waals surface area contributed by atoms with Crippen LogP contribution < -0.4 is 20.3 Å². The van der Waals surface area contributed by atoms with Gasteiger partial charge in [0, 0.05) is 56.6 Å². The van der Waals surface area contributed by atoms with Crippen molar-refractivity contribution < 1.29 is 14.3 Å². The van der Waals surface area contributed by atoms with Gasteiger partial charge < -0.3 is 25.0 Å². The number of amides is 1. The molecular formula is C25H27N7O3S. The molecule has 4 heterocycles. The number of anilines is 2. The quantitative estimate of drug-likeness (QED) is 0.334. The molecular weight excluding hydrogens is 478 g/mol. The van der Waals surface area contributed by atoms with Gasteiger partial charge >= 0.3 is 0 Å². The Morgan fingerprint density at radius 2 is 1.94 bits per heavy atom. The minimum absolute atomic E-state index is 0.279. The summed E-state index contributed by atoms with van der Waals surface area (Å²) in [6.07, 6.45) is 7.09. The van der Waals surface area contributed by atoms with Crippen LogP contribution in [-0.2, 0) is 4.74 Å². The lowest BCUT2D eigenvalue weighted by Crippen LogP contribution is -2.43. The zero-order valence-electron chi connectivity index (χ0n) is 19.9. The zero-order chi connectivity index (χ0) is 24.7. The summed E-state index contributed by atoms with van der Waals surface area (Å²) in [4.78, 5) is 23.9. The Hall–Kier alpha value is -3.80. The van der Waals surface area contributed by atoms with Crippen molar-refractivity contribution in [2.75, 3.05) is 56.7 Å². The van der Waals surface area contributed by atoms with E-state index in [1.54, 1.807) is 35.8 Å². The van der Waals surface area contributed by atoms with Gasteiger partial charge in [-0.1, -0.05) is 12.1 Å². The fourth-order valence-corrected chi connectivity index (χ4v) is 4.62. The van der Waals surface area contributed by atoms with E-state index in [1.165, 1.54) is 11.3 Å². The highest BCUT2D eigenvalue weighted by Crippen LogP contribution is 2.27. The molecule has 2 N–H and O–H groups in total. The fraction of sp³-hybridized carbons (Fsp3) is 0.280. The van der Waals surface area contributed by atoms with Crippen LogP contribution in [0.15, 0.2) is 60.5 Å². The maximum Gasteiger partial charge on any atom is 0.275 e. The molecule has 186 valence electrons. The van der Waals surface area contributed by atoms with Crippen molar-refractivity contribution in [2.45, 2.75) is 0 Å². The molecule has 1 fully saturated rings. The predicted molar refractivity (Wildman–Crippen MR) is 139 cm³/mol. The molecule has 0 unspecified atom stereocenters. The first-order valence-corrected chi connectivity index (χ1v) is 12.5. The van der Waals surface area contributed by atoms with E-state index >= 15 is 0 Å². The molecule has 0 saturated carbocycles. The average molecular weight is 506 g/mol. The van der Waals surface area contributed by atoms with E-state index < -0.39 is 0 Å². The Balaban J connectivity index is 1.26. The highest BCUT2D eigenvalue weighted by atomic mass is 32.1. The summed E-state index contributed by atoms with van der Waals surface area (Å²) in [5, 5.41) is 13.1. The Morgan fingerprint density at radius 1 is 1.11 bits per heavy atom. The lowest BCUT2D eigenvalue weighted by atomic mass is 10.1. The number of aromatic nitrogens is 4. The van der Waals surface area contributed by atoms with Crippen LogP contribution >= 0.6 is 11.3 Å². The molecule has 5 rings (SSSR count). The highest BCUT2D eigenvalue weighted by molar-refractivity contribution is 7.12. The smallest absolute Gasteiger partial charge is 0.275 e. The standard InChI is InChI=1S/C25H27N7O3S/c1-34-12-13-35-20-4-2-18(3-5-20)19-14-28-32(16-19)25-30-22(17-36-25)24(33)29-21-15-27-7-6-23(21)31-10-8-26-9-11-31/h2-7,14-17,26H,8-13H2,1H3,(H,29,33). The topological polar surface area (TPSA) is 106 Å². The van der Waals surface area contributed by atoms with Gasteiger partial charge in [0.25, 0.3) is 5.91 Å². The minimum Gasteiger partial charge on any atom is -0.491 e. The molecule has 1 aliphatic heterocycles. The number of nitrogens with zero attached hydrogens (tertiary/aromatic N) is 5. The van der Waals surface area contributed by atoms with Crippen molar-refractivity contribution in [1.82, 2.24) is 25.1 Å². The molecule has 3 aromatic heterocycles. The summed E-state index contributed by atoms with van der Waals surface area (Å²) >= 11 is 1.36. The monoisotopic (exact) mass is 505 g/mol.